The van der Waals surface area contributed by atoms with Crippen LogP contribution < -0.4 is 10.6 Å². The Labute approximate surface area is 137 Å². The molecular weight excluding hydrogens is 348 g/mol. The van der Waals surface area contributed by atoms with Crippen molar-refractivity contribution in [2.75, 3.05) is 11.9 Å². The summed E-state index contributed by atoms with van der Waals surface area (Å²) in [6, 6.07) is 9.94. The monoisotopic (exact) mass is 366 g/mol. The highest BCUT2D eigenvalue weighted by Gasteiger charge is 2.12. The largest absolute Gasteiger partial charge is 0.324 e. The Morgan fingerprint density at radius 2 is 2.05 bits per heavy atom. The SMILES string of the molecule is Cc1cc(C(C)NCC(=O)Nc2ccccc2Br)c(C)s1. The number of halogens is 1. The Hall–Kier alpha value is -1.17. The van der Waals surface area contributed by atoms with Gasteiger partial charge in [-0.2, -0.15) is 0 Å². The van der Waals surface area contributed by atoms with Gasteiger partial charge in [-0.3, -0.25) is 4.79 Å². The number of hydrogen-bond donors (Lipinski definition) is 2. The lowest BCUT2D eigenvalue weighted by Crippen LogP contribution is -2.30. The standard InChI is InChI=1S/C16H19BrN2OS/c1-10-8-13(12(3)21-10)11(2)18-9-16(20)19-15-7-5-4-6-14(15)17/h4-8,11,18H,9H2,1-3H3,(H,19,20). The zero-order valence-corrected chi connectivity index (χ0v) is 14.8. The van der Waals surface area contributed by atoms with Gasteiger partial charge in [-0.15, -0.1) is 11.3 Å². The number of para-hydroxylation sites is 1. The van der Waals surface area contributed by atoms with Crippen molar-refractivity contribution in [3.8, 4) is 0 Å². The second-order valence-electron chi connectivity index (χ2n) is 5.00. The van der Waals surface area contributed by atoms with E-state index >= 15 is 0 Å². The lowest BCUT2D eigenvalue weighted by Gasteiger charge is -2.14. The van der Waals surface area contributed by atoms with Crippen LogP contribution in [0.4, 0.5) is 5.69 Å². The molecule has 0 saturated heterocycles. The second-order valence-corrected chi connectivity index (χ2v) is 7.31. The summed E-state index contributed by atoms with van der Waals surface area (Å²) in [4.78, 5) is 14.6. The topological polar surface area (TPSA) is 41.1 Å². The summed E-state index contributed by atoms with van der Waals surface area (Å²) in [7, 11) is 0. The van der Waals surface area contributed by atoms with E-state index < -0.39 is 0 Å². The van der Waals surface area contributed by atoms with Crippen LogP contribution in [0.25, 0.3) is 0 Å². The molecule has 112 valence electrons. The first-order valence-corrected chi connectivity index (χ1v) is 8.43. The molecule has 2 N–H and O–H groups in total. The molecule has 2 aromatic rings. The van der Waals surface area contributed by atoms with Gasteiger partial charge in [-0.25, -0.2) is 0 Å². The normalized spacial score (nSPS) is 12.2. The van der Waals surface area contributed by atoms with Gasteiger partial charge in [0.05, 0.1) is 12.2 Å². The maximum absolute atomic E-state index is 12.0. The van der Waals surface area contributed by atoms with Gasteiger partial charge in [0.2, 0.25) is 5.91 Å². The number of hydrogen-bond acceptors (Lipinski definition) is 3. The molecule has 1 amide bonds. The molecule has 3 nitrogen and oxygen atoms in total. The fourth-order valence-electron chi connectivity index (χ4n) is 2.19. The molecule has 21 heavy (non-hydrogen) atoms. The average Bonchev–Trinajstić information content (AvgIpc) is 2.78. The molecule has 1 atom stereocenters. The molecule has 2 rings (SSSR count). The molecule has 5 heteroatoms. The van der Waals surface area contributed by atoms with E-state index in [1.54, 1.807) is 11.3 Å². The first-order valence-electron chi connectivity index (χ1n) is 6.82. The van der Waals surface area contributed by atoms with Gasteiger partial charge in [0, 0.05) is 20.3 Å². The minimum Gasteiger partial charge on any atom is -0.324 e. The zero-order valence-electron chi connectivity index (χ0n) is 12.4. The number of rotatable bonds is 5. The highest BCUT2D eigenvalue weighted by molar-refractivity contribution is 9.10. The number of aryl methyl sites for hydroxylation is 2. The summed E-state index contributed by atoms with van der Waals surface area (Å²) in [6.07, 6.45) is 0. The third kappa shape index (κ3) is 4.40. The number of thiophene rings is 1. The Balaban J connectivity index is 1.89. The first kappa shape index (κ1) is 16.2. The van der Waals surface area contributed by atoms with Crippen LogP contribution in [-0.4, -0.2) is 12.5 Å². The number of anilines is 1. The van der Waals surface area contributed by atoms with Gasteiger partial charge in [0.1, 0.15) is 0 Å². The number of benzene rings is 1. The predicted molar refractivity (Wildman–Crippen MR) is 93.0 cm³/mol. The summed E-state index contributed by atoms with van der Waals surface area (Å²) >= 11 is 5.21. The van der Waals surface area contributed by atoms with Gasteiger partial charge >= 0.3 is 0 Å². The van der Waals surface area contributed by atoms with Gasteiger partial charge in [-0.1, -0.05) is 12.1 Å². The highest BCUT2D eigenvalue weighted by Crippen LogP contribution is 2.26. The molecule has 0 aliphatic heterocycles. The molecule has 1 unspecified atom stereocenters. The molecule has 0 bridgehead atoms. The van der Waals surface area contributed by atoms with Crippen LogP contribution in [0, 0.1) is 13.8 Å². The van der Waals surface area contributed by atoms with E-state index in [1.165, 1.54) is 15.3 Å². The smallest absolute Gasteiger partial charge is 0.238 e. The lowest BCUT2D eigenvalue weighted by molar-refractivity contribution is -0.115. The van der Waals surface area contributed by atoms with E-state index in [2.05, 4.69) is 53.4 Å². The summed E-state index contributed by atoms with van der Waals surface area (Å²) in [6.45, 7) is 6.59. The van der Waals surface area contributed by atoms with Crippen molar-refractivity contribution >= 4 is 38.9 Å². The van der Waals surface area contributed by atoms with Crippen molar-refractivity contribution in [2.45, 2.75) is 26.8 Å². The van der Waals surface area contributed by atoms with Crippen molar-refractivity contribution in [1.82, 2.24) is 5.32 Å². The molecule has 1 aromatic heterocycles. The summed E-state index contributed by atoms with van der Waals surface area (Å²) in [5.74, 6) is -0.0432. The van der Waals surface area contributed by atoms with Gasteiger partial charge in [0.15, 0.2) is 0 Å². The van der Waals surface area contributed by atoms with Crippen molar-refractivity contribution in [1.29, 1.82) is 0 Å². The Bertz CT molecular complexity index is 639. The fourth-order valence-corrected chi connectivity index (χ4v) is 3.60. The molecule has 0 spiro atoms. The molecule has 0 saturated carbocycles. The van der Waals surface area contributed by atoms with Crippen LogP contribution in [0.5, 0.6) is 0 Å². The minimum atomic E-state index is -0.0432. The average molecular weight is 367 g/mol. The first-order chi connectivity index (χ1) is 9.97. The quantitative estimate of drug-likeness (QED) is 0.822. The second kappa shape index (κ2) is 7.20. The van der Waals surface area contributed by atoms with Gasteiger partial charge in [0.25, 0.3) is 0 Å². The maximum Gasteiger partial charge on any atom is 0.238 e. The van der Waals surface area contributed by atoms with Crippen LogP contribution in [0.15, 0.2) is 34.8 Å². The molecule has 0 radical (unpaired) electrons. The van der Waals surface area contributed by atoms with E-state index in [-0.39, 0.29) is 18.5 Å². The number of nitrogens with one attached hydrogen (secondary N) is 2. The molecule has 0 aliphatic rings. The van der Waals surface area contributed by atoms with Gasteiger partial charge < -0.3 is 10.6 Å². The van der Waals surface area contributed by atoms with Gasteiger partial charge in [-0.05, 0) is 60.5 Å². The van der Waals surface area contributed by atoms with Crippen LogP contribution >= 0.6 is 27.3 Å². The van der Waals surface area contributed by atoms with E-state index in [0.29, 0.717) is 0 Å². The summed E-state index contributed by atoms with van der Waals surface area (Å²) in [5.41, 5.74) is 2.06. The van der Waals surface area contributed by atoms with E-state index in [9.17, 15) is 4.79 Å². The Morgan fingerprint density at radius 3 is 2.67 bits per heavy atom. The maximum atomic E-state index is 12.0. The number of carbonyl (C=O) groups is 1. The van der Waals surface area contributed by atoms with Crippen molar-refractivity contribution in [3.05, 3.63) is 50.1 Å². The van der Waals surface area contributed by atoms with E-state index in [0.717, 1.165) is 10.2 Å². The number of amides is 1. The zero-order chi connectivity index (χ0) is 15.4. The van der Waals surface area contributed by atoms with Crippen molar-refractivity contribution in [2.24, 2.45) is 0 Å². The van der Waals surface area contributed by atoms with E-state index in [4.69, 9.17) is 0 Å². The number of carbonyl (C=O) groups excluding carboxylic acids is 1. The lowest BCUT2D eigenvalue weighted by atomic mass is 10.1. The third-order valence-electron chi connectivity index (χ3n) is 3.26. The predicted octanol–water partition coefficient (Wildman–Crippen LogP) is 4.42. The van der Waals surface area contributed by atoms with Crippen LogP contribution in [0.1, 0.15) is 28.3 Å². The fraction of sp³-hybridized carbons (Fsp3) is 0.312. The highest BCUT2D eigenvalue weighted by atomic mass is 79.9. The molecule has 0 fully saturated rings. The summed E-state index contributed by atoms with van der Waals surface area (Å²) in [5, 5.41) is 6.16. The molecule has 0 aliphatic carbocycles. The van der Waals surface area contributed by atoms with Crippen molar-refractivity contribution in [3.63, 3.8) is 0 Å². The molecule has 1 heterocycles. The third-order valence-corrected chi connectivity index (χ3v) is 4.94. The van der Waals surface area contributed by atoms with Crippen LogP contribution in [0.2, 0.25) is 0 Å². The van der Waals surface area contributed by atoms with Crippen LogP contribution in [0.3, 0.4) is 0 Å². The van der Waals surface area contributed by atoms with E-state index in [1.807, 2.05) is 24.3 Å². The molecular formula is C16H19BrN2OS. The Kier molecular flexibility index (Phi) is 5.56. The molecule has 1 aromatic carbocycles. The Morgan fingerprint density at radius 1 is 1.33 bits per heavy atom. The van der Waals surface area contributed by atoms with Crippen molar-refractivity contribution < 1.29 is 4.79 Å². The summed E-state index contributed by atoms with van der Waals surface area (Å²) < 4.78 is 0.885. The van der Waals surface area contributed by atoms with Crippen LogP contribution in [-0.2, 0) is 4.79 Å². The minimum absolute atomic E-state index is 0.0432.